The van der Waals surface area contributed by atoms with E-state index < -0.39 is 0 Å². The maximum absolute atomic E-state index is 3.61. The van der Waals surface area contributed by atoms with Crippen LogP contribution in [0.15, 0.2) is 0 Å². The molecule has 0 bridgehead atoms. The van der Waals surface area contributed by atoms with E-state index in [2.05, 4.69) is 46.9 Å². The van der Waals surface area contributed by atoms with E-state index in [0.717, 1.165) is 12.5 Å². The predicted molar refractivity (Wildman–Crippen MR) is 61.0 cm³/mol. The van der Waals surface area contributed by atoms with Crippen LogP contribution in [0, 0.1) is 11.3 Å². The molecule has 1 unspecified atom stereocenters. The Balaban J connectivity index is 3.63. The maximum Gasteiger partial charge on any atom is 0.00413 e. The smallest absolute Gasteiger partial charge is 0.00413 e. The molecule has 0 radical (unpaired) electrons. The van der Waals surface area contributed by atoms with Crippen molar-refractivity contribution in [3.05, 3.63) is 0 Å². The molecule has 1 nitrogen and oxygen atoms in total. The van der Waals surface area contributed by atoms with Crippen molar-refractivity contribution in [2.45, 2.75) is 60.4 Å². The highest BCUT2D eigenvalue weighted by molar-refractivity contribution is 4.72. The van der Waals surface area contributed by atoms with Crippen molar-refractivity contribution in [1.82, 2.24) is 5.32 Å². The van der Waals surface area contributed by atoms with Crippen LogP contribution in [0.3, 0.4) is 0 Å². The van der Waals surface area contributed by atoms with Crippen LogP contribution >= 0.6 is 0 Å². The molecule has 80 valence electrons. The van der Waals surface area contributed by atoms with Crippen LogP contribution in [0.1, 0.15) is 54.4 Å². The molecule has 1 heteroatoms. The molecule has 0 saturated carbocycles. The summed E-state index contributed by atoms with van der Waals surface area (Å²) in [6.45, 7) is 14.9. The first-order valence-corrected chi connectivity index (χ1v) is 5.60. The lowest BCUT2D eigenvalue weighted by Gasteiger charge is -2.26. The van der Waals surface area contributed by atoms with Gasteiger partial charge in [0, 0.05) is 12.6 Å². The van der Waals surface area contributed by atoms with E-state index in [4.69, 9.17) is 0 Å². The van der Waals surface area contributed by atoms with Crippen molar-refractivity contribution in [3.63, 3.8) is 0 Å². The van der Waals surface area contributed by atoms with Crippen molar-refractivity contribution in [2.24, 2.45) is 11.3 Å². The molecule has 0 aromatic carbocycles. The van der Waals surface area contributed by atoms with Crippen molar-refractivity contribution in [1.29, 1.82) is 0 Å². The average Bonchev–Trinajstić information content (AvgIpc) is 2.00. The third kappa shape index (κ3) is 7.06. The molecule has 0 fully saturated rings. The maximum atomic E-state index is 3.61. The highest BCUT2D eigenvalue weighted by Gasteiger charge is 2.15. The molecule has 1 atom stereocenters. The summed E-state index contributed by atoms with van der Waals surface area (Å²) in [7, 11) is 0. The van der Waals surface area contributed by atoms with Gasteiger partial charge in [0.15, 0.2) is 0 Å². The number of hydrogen-bond acceptors (Lipinski definition) is 1. The van der Waals surface area contributed by atoms with Gasteiger partial charge in [-0.2, -0.15) is 0 Å². The number of hydrogen-bond donors (Lipinski definition) is 1. The molecule has 1 N–H and O–H groups in total. The summed E-state index contributed by atoms with van der Waals surface area (Å²) < 4.78 is 0. The molecule has 0 aliphatic heterocycles. The zero-order valence-corrected chi connectivity index (χ0v) is 10.3. The van der Waals surface area contributed by atoms with Gasteiger partial charge in [0.25, 0.3) is 0 Å². The molecular formula is C12H27N. The summed E-state index contributed by atoms with van der Waals surface area (Å²) >= 11 is 0. The van der Waals surface area contributed by atoms with E-state index >= 15 is 0 Å². The van der Waals surface area contributed by atoms with Crippen LogP contribution in [-0.4, -0.2) is 12.6 Å². The fraction of sp³-hybridized carbons (Fsp3) is 1.00. The second-order valence-corrected chi connectivity index (χ2v) is 5.43. The first-order chi connectivity index (χ1) is 5.87. The first-order valence-electron chi connectivity index (χ1n) is 5.60. The lowest BCUT2D eigenvalue weighted by atomic mass is 9.90. The molecule has 0 rings (SSSR count). The van der Waals surface area contributed by atoms with Crippen molar-refractivity contribution < 1.29 is 0 Å². The van der Waals surface area contributed by atoms with Crippen LogP contribution in [0.5, 0.6) is 0 Å². The standard InChI is InChI=1S/C12H27N/c1-7-12(5,6)9-13-11(4)8-10(2)3/h10-11,13H,7-9H2,1-6H3. The lowest BCUT2D eigenvalue weighted by Crippen LogP contribution is -2.35. The van der Waals surface area contributed by atoms with E-state index in [9.17, 15) is 0 Å². The number of nitrogens with one attached hydrogen (secondary N) is 1. The Kier molecular flexibility index (Phi) is 5.62. The van der Waals surface area contributed by atoms with E-state index in [1.165, 1.54) is 12.8 Å². The van der Waals surface area contributed by atoms with Crippen molar-refractivity contribution >= 4 is 0 Å². The van der Waals surface area contributed by atoms with Crippen molar-refractivity contribution in [3.8, 4) is 0 Å². The fourth-order valence-corrected chi connectivity index (χ4v) is 1.37. The van der Waals surface area contributed by atoms with Crippen LogP contribution in [0.2, 0.25) is 0 Å². The molecule has 0 aliphatic carbocycles. The topological polar surface area (TPSA) is 12.0 Å². The molecule has 0 saturated heterocycles. The summed E-state index contributed by atoms with van der Waals surface area (Å²) in [6.07, 6.45) is 2.52. The van der Waals surface area contributed by atoms with Gasteiger partial charge in [-0.15, -0.1) is 0 Å². The van der Waals surface area contributed by atoms with Gasteiger partial charge in [-0.1, -0.05) is 34.6 Å². The van der Waals surface area contributed by atoms with E-state index in [0.29, 0.717) is 11.5 Å². The molecule has 0 aliphatic rings. The van der Waals surface area contributed by atoms with E-state index in [1.807, 2.05) is 0 Å². The zero-order chi connectivity index (χ0) is 10.5. The Morgan fingerprint density at radius 3 is 2.08 bits per heavy atom. The minimum Gasteiger partial charge on any atom is -0.314 e. The Morgan fingerprint density at radius 2 is 1.69 bits per heavy atom. The van der Waals surface area contributed by atoms with Gasteiger partial charge < -0.3 is 5.32 Å². The molecule has 0 aromatic rings. The summed E-state index contributed by atoms with van der Waals surface area (Å²) in [4.78, 5) is 0. The van der Waals surface area contributed by atoms with Crippen LogP contribution in [0.25, 0.3) is 0 Å². The van der Waals surface area contributed by atoms with Gasteiger partial charge in [0.05, 0.1) is 0 Å². The van der Waals surface area contributed by atoms with Gasteiger partial charge >= 0.3 is 0 Å². The predicted octanol–water partition coefficient (Wildman–Crippen LogP) is 3.45. The Hall–Kier alpha value is -0.0400. The Morgan fingerprint density at radius 1 is 1.15 bits per heavy atom. The highest BCUT2D eigenvalue weighted by Crippen LogP contribution is 2.18. The first kappa shape index (κ1) is 13.0. The van der Waals surface area contributed by atoms with Crippen molar-refractivity contribution in [2.75, 3.05) is 6.54 Å². The van der Waals surface area contributed by atoms with Gasteiger partial charge in [-0.05, 0) is 31.1 Å². The SMILES string of the molecule is CCC(C)(C)CNC(C)CC(C)C. The minimum atomic E-state index is 0.450. The molecule has 0 spiro atoms. The van der Waals surface area contributed by atoms with Crippen LogP contribution in [0.4, 0.5) is 0 Å². The largest absolute Gasteiger partial charge is 0.314 e. The summed E-state index contributed by atoms with van der Waals surface area (Å²) in [5, 5.41) is 3.61. The van der Waals surface area contributed by atoms with Crippen LogP contribution in [-0.2, 0) is 0 Å². The lowest BCUT2D eigenvalue weighted by molar-refractivity contribution is 0.300. The minimum absolute atomic E-state index is 0.450. The zero-order valence-electron chi connectivity index (χ0n) is 10.3. The number of rotatable bonds is 6. The summed E-state index contributed by atoms with van der Waals surface area (Å²) in [6, 6.07) is 0.658. The highest BCUT2D eigenvalue weighted by atomic mass is 14.9. The third-order valence-corrected chi connectivity index (χ3v) is 2.71. The fourth-order valence-electron chi connectivity index (χ4n) is 1.37. The summed E-state index contributed by atoms with van der Waals surface area (Å²) in [5.41, 5.74) is 0.450. The second-order valence-electron chi connectivity index (χ2n) is 5.43. The third-order valence-electron chi connectivity index (χ3n) is 2.71. The second kappa shape index (κ2) is 5.64. The average molecular weight is 185 g/mol. The van der Waals surface area contributed by atoms with Gasteiger partial charge in [0.1, 0.15) is 0 Å². The molecule has 0 heterocycles. The van der Waals surface area contributed by atoms with E-state index in [1.54, 1.807) is 0 Å². The summed E-state index contributed by atoms with van der Waals surface area (Å²) in [5.74, 6) is 0.798. The van der Waals surface area contributed by atoms with Gasteiger partial charge in [-0.3, -0.25) is 0 Å². The van der Waals surface area contributed by atoms with Crippen LogP contribution < -0.4 is 5.32 Å². The Bertz CT molecular complexity index is 127. The molecule has 0 aromatic heterocycles. The van der Waals surface area contributed by atoms with Gasteiger partial charge in [-0.25, -0.2) is 0 Å². The Labute approximate surface area is 84.3 Å². The van der Waals surface area contributed by atoms with Gasteiger partial charge in [0.2, 0.25) is 0 Å². The normalized spacial score (nSPS) is 15.0. The molecule has 13 heavy (non-hydrogen) atoms. The molecular weight excluding hydrogens is 158 g/mol. The molecule has 0 amide bonds. The van der Waals surface area contributed by atoms with E-state index in [-0.39, 0.29) is 0 Å². The monoisotopic (exact) mass is 185 g/mol. The quantitative estimate of drug-likeness (QED) is 0.668.